The SMILES string of the molecule is Cc1cccc(C(=O)Cc2cccnc2)c1. The van der Waals surface area contributed by atoms with Crippen molar-refractivity contribution in [3.05, 3.63) is 65.5 Å². The molecule has 2 nitrogen and oxygen atoms in total. The predicted molar refractivity (Wildman–Crippen MR) is 63.5 cm³/mol. The summed E-state index contributed by atoms with van der Waals surface area (Å²) in [5.41, 5.74) is 2.83. The number of hydrogen-bond donors (Lipinski definition) is 0. The van der Waals surface area contributed by atoms with Gasteiger partial charge in [-0.1, -0.05) is 29.8 Å². The van der Waals surface area contributed by atoms with Gasteiger partial charge in [0, 0.05) is 24.4 Å². The average Bonchev–Trinajstić information content (AvgIpc) is 2.30. The van der Waals surface area contributed by atoms with E-state index < -0.39 is 0 Å². The Labute approximate surface area is 95.0 Å². The van der Waals surface area contributed by atoms with Crippen LogP contribution < -0.4 is 0 Å². The first-order chi connectivity index (χ1) is 7.75. The number of aromatic nitrogens is 1. The van der Waals surface area contributed by atoms with Crippen LogP contribution in [0.1, 0.15) is 21.5 Å². The zero-order valence-electron chi connectivity index (χ0n) is 9.18. The van der Waals surface area contributed by atoms with Gasteiger partial charge in [0.25, 0.3) is 0 Å². The molecule has 1 aromatic heterocycles. The Morgan fingerprint density at radius 2 is 2.12 bits per heavy atom. The molecule has 0 aliphatic heterocycles. The summed E-state index contributed by atoms with van der Waals surface area (Å²) >= 11 is 0. The zero-order valence-corrected chi connectivity index (χ0v) is 9.18. The van der Waals surface area contributed by atoms with E-state index in [0.717, 1.165) is 16.7 Å². The molecular weight excluding hydrogens is 198 g/mol. The molecule has 2 heteroatoms. The minimum atomic E-state index is 0.136. The van der Waals surface area contributed by atoms with Crippen molar-refractivity contribution in [3.8, 4) is 0 Å². The Bertz CT molecular complexity index is 491. The van der Waals surface area contributed by atoms with Crippen molar-refractivity contribution in [1.82, 2.24) is 4.98 Å². The molecule has 1 aromatic carbocycles. The second-order valence-electron chi connectivity index (χ2n) is 3.83. The number of hydrogen-bond acceptors (Lipinski definition) is 2. The van der Waals surface area contributed by atoms with Crippen LogP contribution in [0, 0.1) is 6.92 Å². The molecular formula is C14H13NO. The molecule has 0 bridgehead atoms. The van der Waals surface area contributed by atoms with Crippen LogP contribution in [-0.2, 0) is 6.42 Å². The van der Waals surface area contributed by atoms with E-state index in [1.54, 1.807) is 12.4 Å². The van der Waals surface area contributed by atoms with Crippen LogP contribution in [0.4, 0.5) is 0 Å². The third-order valence-corrected chi connectivity index (χ3v) is 2.43. The number of ketones is 1. The molecule has 0 aliphatic carbocycles. The third-order valence-electron chi connectivity index (χ3n) is 2.43. The first-order valence-corrected chi connectivity index (χ1v) is 5.24. The molecule has 1 heterocycles. The fraction of sp³-hybridized carbons (Fsp3) is 0.143. The standard InChI is InChI=1S/C14H13NO/c1-11-4-2-6-13(8-11)14(16)9-12-5-3-7-15-10-12/h2-8,10H,9H2,1H3. The predicted octanol–water partition coefficient (Wildman–Crippen LogP) is 2.82. The van der Waals surface area contributed by atoms with Gasteiger partial charge in [-0.25, -0.2) is 0 Å². The van der Waals surface area contributed by atoms with E-state index in [9.17, 15) is 4.79 Å². The molecule has 2 aromatic rings. The largest absolute Gasteiger partial charge is 0.294 e. The molecule has 80 valence electrons. The molecule has 2 rings (SSSR count). The molecule has 0 radical (unpaired) electrons. The van der Waals surface area contributed by atoms with E-state index in [-0.39, 0.29) is 5.78 Å². The van der Waals surface area contributed by atoms with Crippen molar-refractivity contribution in [2.75, 3.05) is 0 Å². The number of aryl methyl sites for hydroxylation is 1. The lowest BCUT2D eigenvalue weighted by atomic mass is 10.0. The molecule has 16 heavy (non-hydrogen) atoms. The van der Waals surface area contributed by atoms with Crippen LogP contribution in [0.2, 0.25) is 0 Å². The number of benzene rings is 1. The van der Waals surface area contributed by atoms with Gasteiger partial charge >= 0.3 is 0 Å². The highest BCUT2D eigenvalue weighted by Crippen LogP contribution is 2.08. The second kappa shape index (κ2) is 4.71. The quantitative estimate of drug-likeness (QED) is 0.731. The molecule has 0 spiro atoms. The number of carbonyl (C=O) groups is 1. The van der Waals surface area contributed by atoms with E-state index in [0.29, 0.717) is 6.42 Å². The van der Waals surface area contributed by atoms with Crippen molar-refractivity contribution >= 4 is 5.78 Å². The number of carbonyl (C=O) groups excluding carboxylic acids is 1. The first-order valence-electron chi connectivity index (χ1n) is 5.24. The van der Waals surface area contributed by atoms with Gasteiger partial charge in [-0.15, -0.1) is 0 Å². The molecule has 0 N–H and O–H groups in total. The summed E-state index contributed by atoms with van der Waals surface area (Å²) in [6.45, 7) is 1.99. The van der Waals surface area contributed by atoms with Crippen molar-refractivity contribution < 1.29 is 4.79 Å². The van der Waals surface area contributed by atoms with Crippen LogP contribution in [-0.4, -0.2) is 10.8 Å². The fourth-order valence-electron chi connectivity index (χ4n) is 1.61. The Balaban J connectivity index is 2.15. The maximum absolute atomic E-state index is 11.9. The number of rotatable bonds is 3. The van der Waals surface area contributed by atoms with Gasteiger partial charge in [0.05, 0.1) is 0 Å². The van der Waals surface area contributed by atoms with Gasteiger partial charge < -0.3 is 0 Å². The lowest BCUT2D eigenvalue weighted by molar-refractivity contribution is 0.0993. The monoisotopic (exact) mass is 211 g/mol. The summed E-state index contributed by atoms with van der Waals surface area (Å²) in [5, 5.41) is 0. The maximum atomic E-state index is 11.9. The van der Waals surface area contributed by atoms with Gasteiger partial charge in [0.1, 0.15) is 0 Å². The van der Waals surface area contributed by atoms with Crippen LogP contribution in [0.5, 0.6) is 0 Å². The van der Waals surface area contributed by atoms with Crippen LogP contribution in [0.15, 0.2) is 48.8 Å². The summed E-state index contributed by atoms with van der Waals surface area (Å²) < 4.78 is 0. The average molecular weight is 211 g/mol. The van der Waals surface area contributed by atoms with E-state index in [4.69, 9.17) is 0 Å². The minimum Gasteiger partial charge on any atom is -0.294 e. The van der Waals surface area contributed by atoms with Crippen molar-refractivity contribution in [3.63, 3.8) is 0 Å². The first kappa shape index (κ1) is 10.6. The summed E-state index contributed by atoms with van der Waals surface area (Å²) in [5.74, 6) is 0.136. The van der Waals surface area contributed by atoms with Gasteiger partial charge in [0.2, 0.25) is 0 Å². The number of pyridine rings is 1. The molecule has 0 fully saturated rings. The Kier molecular flexibility index (Phi) is 3.10. The smallest absolute Gasteiger partial charge is 0.167 e. The van der Waals surface area contributed by atoms with Crippen LogP contribution in [0.3, 0.4) is 0 Å². The molecule has 0 saturated heterocycles. The fourth-order valence-corrected chi connectivity index (χ4v) is 1.61. The Hall–Kier alpha value is -1.96. The van der Waals surface area contributed by atoms with E-state index in [1.165, 1.54) is 0 Å². The van der Waals surface area contributed by atoms with Crippen LogP contribution >= 0.6 is 0 Å². The van der Waals surface area contributed by atoms with E-state index in [2.05, 4.69) is 4.98 Å². The van der Waals surface area contributed by atoms with Gasteiger partial charge in [0.15, 0.2) is 5.78 Å². The summed E-state index contributed by atoms with van der Waals surface area (Å²) in [6.07, 6.45) is 3.85. The van der Waals surface area contributed by atoms with Crippen molar-refractivity contribution in [2.45, 2.75) is 13.3 Å². The summed E-state index contributed by atoms with van der Waals surface area (Å²) in [7, 11) is 0. The van der Waals surface area contributed by atoms with Crippen molar-refractivity contribution in [1.29, 1.82) is 0 Å². The Morgan fingerprint density at radius 3 is 2.81 bits per heavy atom. The van der Waals surface area contributed by atoms with Gasteiger partial charge in [-0.2, -0.15) is 0 Å². The second-order valence-corrected chi connectivity index (χ2v) is 3.83. The molecule has 0 unspecified atom stereocenters. The van der Waals surface area contributed by atoms with Crippen LogP contribution in [0.25, 0.3) is 0 Å². The lowest BCUT2D eigenvalue weighted by Gasteiger charge is -2.01. The molecule has 0 aliphatic rings. The molecule has 0 amide bonds. The maximum Gasteiger partial charge on any atom is 0.167 e. The van der Waals surface area contributed by atoms with Gasteiger partial charge in [-0.3, -0.25) is 9.78 Å². The van der Waals surface area contributed by atoms with Crippen molar-refractivity contribution in [2.24, 2.45) is 0 Å². The molecule has 0 saturated carbocycles. The minimum absolute atomic E-state index is 0.136. The van der Waals surface area contributed by atoms with E-state index >= 15 is 0 Å². The number of nitrogens with zero attached hydrogens (tertiary/aromatic N) is 1. The molecule has 0 atom stereocenters. The third kappa shape index (κ3) is 2.54. The van der Waals surface area contributed by atoms with Gasteiger partial charge in [-0.05, 0) is 24.6 Å². The summed E-state index contributed by atoms with van der Waals surface area (Å²) in [4.78, 5) is 15.9. The lowest BCUT2D eigenvalue weighted by Crippen LogP contribution is -2.03. The summed E-state index contributed by atoms with van der Waals surface area (Å²) in [6, 6.07) is 11.4. The highest BCUT2D eigenvalue weighted by atomic mass is 16.1. The zero-order chi connectivity index (χ0) is 11.4. The normalized spacial score (nSPS) is 10.1. The Morgan fingerprint density at radius 1 is 1.25 bits per heavy atom. The number of Topliss-reactive ketones (excluding diaryl/α,β-unsaturated/α-hetero) is 1. The highest BCUT2D eigenvalue weighted by Gasteiger charge is 2.06. The van der Waals surface area contributed by atoms with E-state index in [1.807, 2.05) is 43.3 Å². The highest BCUT2D eigenvalue weighted by molar-refractivity contribution is 5.97. The topological polar surface area (TPSA) is 30.0 Å².